The maximum atomic E-state index is 14.0. The number of piperidine rings is 1. The summed E-state index contributed by atoms with van der Waals surface area (Å²) in [5.74, 6) is -0.913. The van der Waals surface area contributed by atoms with Gasteiger partial charge in [-0.25, -0.2) is 8.78 Å². The first-order chi connectivity index (χ1) is 8.43. The third kappa shape index (κ3) is 2.85. The van der Waals surface area contributed by atoms with E-state index in [1.165, 1.54) is 12.1 Å². The fourth-order valence-electron chi connectivity index (χ4n) is 2.61. The number of hydrogen-bond donors (Lipinski definition) is 0. The van der Waals surface area contributed by atoms with Gasteiger partial charge in [0.25, 0.3) is 0 Å². The van der Waals surface area contributed by atoms with Gasteiger partial charge in [0.1, 0.15) is 17.3 Å². The van der Waals surface area contributed by atoms with E-state index in [4.69, 9.17) is 0 Å². The Morgan fingerprint density at radius 2 is 1.89 bits per heavy atom. The summed E-state index contributed by atoms with van der Waals surface area (Å²) in [7, 11) is 0. The van der Waals surface area contributed by atoms with Crippen molar-refractivity contribution in [2.75, 3.05) is 18.0 Å². The number of nitrogens with zero attached hydrogens (tertiary/aromatic N) is 1. The summed E-state index contributed by atoms with van der Waals surface area (Å²) in [4.78, 5) is 1.84. The van der Waals surface area contributed by atoms with Crippen molar-refractivity contribution in [3.63, 3.8) is 0 Å². The molecule has 0 aliphatic carbocycles. The highest BCUT2D eigenvalue weighted by Crippen LogP contribution is 2.34. The molecule has 0 atom stereocenters. The third-order valence-electron chi connectivity index (χ3n) is 3.45. The van der Waals surface area contributed by atoms with Gasteiger partial charge in [0.2, 0.25) is 0 Å². The van der Waals surface area contributed by atoms with Crippen molar-refractivity contribution in [1.29, 1.82) is 0 Å². The second-order valence-corrected chi connectivity index (χ2v) is 6.29. The van der Waals surface area contributed by atoms with Crippen LogP contribution in [0, 0.1) is 17.0 Å². The highest BCUT2D eigenvalue weighted by Gasteiger charge is 2.29. The largest absolute Gasteiger partial charge is 0.366 e. The van der Waals surface area contributed by atoms with Crippen molar-refractivity contribution in [3.8, 4) is 0 Å². The van der Waals surface area contributed by atoms with Crippen LogP contribution in [0.1, 0.15) is 32.3 Å². The van der Waals surface area contributed by atoms with E-state index in [0.717, 1.165) is 19.4 Å². The molecular formula is C14H18BrF2N. The van der Waals surface area contributed by atoms with Gasteiger partial charge in [-0.15, -0.1) is 0 Å². The lowest BCUT2D eigenvalue weighted by Crippen LogP contribution is -2.41. The first-order valence-electron chi connectivity index (χ1n) is 6.22. The van der Waals surface area contributed by atoms with Gasteiger partial charge < -0.3 is 4.90 Å². The summed E-state index contributed by atoms with van der Waals surface area (Å²) < 4.78 is 28.1. The van der Waals surface area contributed by atoms with Crippen molar-refractivity contribution in [2.45, 2.75) is 32.0 Å². The highest BCUT2D eigenvalue weighted by atomic mass is 79.9. The van der Waals surface area contributed by atoms with Crippen molar-refractivity contribution in [2.24, 2.45) is 5.41 Å². The monoisotopic (exact) mass is 317 g/mol. The van der Waals surface area contributed by atoms with Gasteiger partial charge in [-0.1, -0.05) is 29.8 Å². The Balaban J connectivity index is 2.33. The van der Waals surface area contributed by atoms with E-state index >= 15 is 0 Å². The molecule has 0 saturated carbocycles. The second-order valence-electron chi connectivity index (χ2n) is 5.73. The Hall–Kier alpha value is -0.640. The Kier molecular flexibility index (Phi) is 3.95. The molecule has 100 valence electrons. The van der Waals surface area contributed by atoms with Gasteiger partial charge in [-0.2, -0.15) is 0 Å². The predicted molar refractivity (Wildman–Crippen MR) is 74.2 cm³/mol. The highest BCUT2D eigenvalue weighted by molar-refractivity contribution is 9.08. The molecule has 0 N–H and O–H groups in total. The molecule has 1 fully saturated rings. The number of anilines is 1. The van der Waals surface area contributed by atoms with E-state index in [2.05, 4.69) is 29.8 Å². The van der Waals surface area contributed by atoms with Crippen molar-refractivity contribution < 1.29 is 8.78 Å². The maximum Gasteiger partial charge on any atom is 0.149 e. The molecule has 0 radical (unpaired) electrons. The standard InChI is InChI=1S/C14H18BrF2N/c1-14(2)4-3-5-18(9-14)13-11(16)6-10(8-15)7-12(13)17/h6-7H,3-5,8-9H2,1-2H3. The number of benzene rings is 1. The minimum absolute atomic E-state index is 0.116. The summed E-state index contributed by atoms with van der Waals surface area (Å²) in [5, 5.41) is 0.465. The van der Waals surface area contributed by atoms with Gasteiger partial charge in [0.05, 0.1) is 0 Å². The fourth-order valence-corrected chi connectivity index (χ4v) is 2.94. The van der Waals surface area contributed by atoms with E-state index in [1.807, 2.05) is 4.90 Å². The molecule has 0 unspecified atom stereocenters. The molecule has 0 bridgehead atoms. The van der Waals surface area contributed by atoms with Gasteiger partial charge in [0.15, 0.2) is 0 Å². The van der Waals surface area contributed by atoms with E-state index in [-0.39, 0.29) is 11.1 Å². The molecule has 1 aliphatic heterocycles. The number of rotatable bonds is 2. The van der Waals surface area contributed by atoms with Gasteiger partial charge in [-0.3, -0.25) is 0 Å². The van der Waals surface area contributed by atoms with Crippen LogP contribution in [0.5, 0.6) is 0 Å². The average molecular weight is 318 g/mol. The number of halogens is 3. The molecule has 1 aliphatic rings. The van der Waals surface area contributed by atoms with Crippen LogP contribution in [0.3, 0.4) is 0 Å². The lowest BCUT2D eigenvalue weighted by atomic mass is 9.84. The lowest BCUT2D eigenvalue weighted by molar-refractivity contribution is 0.290. The summed E-state index contributed by atoms with van der Waals surface area (Å²) in [6, 6.07) is 2.82. The van der Waals surface area contributed by atoms with Crippen LogP contribution in [-0.4, -0.2) is 13.1 Å². The van der Waals surface area contributed by atoms with Crippen molar-refractivity contribution in [3.05, 3.63) is 29.3 Å². The Labute approximate surface area is 115 Å². The quantitative estimate of drug-likeness (QED) is 0.727. The SMILES string of the molecule is CC1(C)CCCN(c2c(F)cc(CBr)cc2F)C1. The molecule has 1 aromatic rings. The Bertz CT molecular complexity index is 422. The molecule has 0 aromatic heterocycles. The minimum Gasteiger partial charge on any atom is -0.366 e. The van der Waals surface area contributed by atoms with Crippen LogP contribution < -0.4 is 4.90 Å². The van der Waals surface area contributed by atoms with Crippen LogP contribution in [0.2, 0.25) is 0 Å². The van der Waals surface area contributed by atoms with Gasteiger partial charge in [-0.05, 0) is 36.0 Å². The number of hydrogen-bond acceptors (Lipinski definition) is 1. The zero-order chi connectivity index (χ0) is 13.3. The zero-order valence-electron chi connectivity index (χ0n) is 10.8. The molecular weight excluding hydrogens is 300 g/mol. The molecule has 4 heteroatoms. The second kappa shape index (κ2) is 5.16. The predicted octanol–water partition coefficient (Wildman–Crippen LogP) is 4.49. The van der Waals surface area contributed by atoms with E-state index < -0.39 is 11.6 Å². The van der Waals surface area contributed by atoms with E-state index in [1.54, 1.807) is 0 Å². The first kappa shape index (κ1) is 13.8. The normalized spacial score (nSPS) is 19.1. The Morgan fingerprint density at radius 3 is 2.39 bits per heavy atom. The Morgan fingerprint density at radius 1 is 1.28 bits per heavy atom. The maximum absolute atomic E-state index is 14.0. The summed E-state index contributed by atoms with van der Waals surface area (Å²) in [6.07, 6.45) is 2.08. The minimum atomic E-state index is -0.456. The zero-order valence-corrected chi connectivity index (χ0v) is 12.4. The summed E-state index contributed by atoms with van der Waals surface area (Å²) >= 11 is 3.22. The smallest absolute Gasteiger partial charge is 0.149 e. The summed E-state index contributed by atoms with van der Waals surface area (Å²) in [6.45, 7) is 5.71. The lowest BCUT2D eigenvalue weighted by Gasteiger charge is -2.39. The van der Waals surface area contributed by atoms with Gasteiger partial charge in [0, 0.05) is 18.4 Å². The molecule has 1 saturated heterocycles. The van der Waals surface area contributed by atoms with Gasteiger partial charge >= 0.3 is 0 Å². The van der Waals surface area contributed by atoms with E-state index in [9.17, 15) is 8.78 Å². The third-order valence-corrected chi connectivity index (χ3v) is 4.10. The molecule has 0 spiro atoms. The van der Waals surface area contributed by atoms with Crippen molar-refractivity contribution in [1.82, 2.24) is 0 Å². The molecule has 1 aromatic carbocycles. The van der Waals surface area contributed by atoms with Crippen LogP contribution in [0.15, 0.2) is 12.1 Å². The summed E-state index contributed by atoms with van der Waals surface area (Å²) in [5.41, 5.74) is 0.878. The fraction of sp³-hybridized carbons (Fsp3) is 0.571. The molecule has 2 rings (SSSR count). The molecule has 1 heterocycles. The van der Waals surface area contributed by atoms with Crippen LogP contribution in [0.25, 0.3) is 0 Å². The first-order valence-corrected chi connectivity index (χ1v) is 7.34. The van der Waals surface area contributed by atoms with Crippen LogP contribution >= 0.6 is 15.9 Å². The molecule has 1 nitrogen and oxygen atoms in total. The van der Waals surface area contributed by atoms with E-state index in [0.29, 0.717) is 17.4 Å². The van der Waals surface area contributed by atoms with Crippen LogP contribution in [0.4, 0.5) is 14.5 Å². The number of alkyl halides is 1. The van der Waals surface area contributed by atoms with Crippen LogP contribution in [-0.2, 0) is 5.33 Å². The molecule has 0 amide bonds. The van der Waals surface area contributed by atoms with Crippen molar-refractivity contribution >= 4 is 21.6 Å². The molecule has 18 heavy (non-hydrogen) atoms. The topological polar surface area (TPSA) is 3.24 Å². The average Bonchev–Trinajstić information content (AvgIpc) is 2.26.